The van der Waals surface area contributed by atoms with E-state index >= 15 is 0 Å². The number of aromatic nitrogens is 3. The zero-order chi connectivity index (χ0) is 19.5. The van der Waals surface area contributed by atoms with Crippen molar-refractivity contribution < 1.29 is 0 Å². The summed E-state index contributed by atoms with van der Waals surface area (Å²) in [5.74, 6) is 0.758. The molecule has 0 radical (unpaired) electrons. The monoisotopic (exact) mass is 387 g/mol. The molecule has 0 fully saturated rings. The van der Waals surface area contributed by atoms with Gasteiger partial charge in [-0.2, -0.15) is 0 Å². The topological polar surface area (TPSA) is 47.8 Å². The van der Waals surface area contributed by atoms with Crippen molar-refractivity contribution in [3.05, 3.63) is 99.6 Å². The molecule has 0 bridgehead atoms. The molecule has 0 aliphatic heterocycles. The van der Waals surface area contributed by atoms with Gasteiger partial charge in [-0.25, -0.2) is 4.98 Å². The van der Waals surface area contributed by atoms with Crippen molar-refractivity contribution >= 4 is 22.7 Å². The summed E-state index contributed by atoms with van der Waals surface area (Å²) in [5, 5.41) is 1.35. The van der Waals surface area contributed by atoms with Gasteiger partial charge in [0.2, 0.25) is 0 Å². The summed E-state index contributed by atoms with van der Waals surface area (Å²) < 4.78 is 1.73. The Bertz CT molecular complexity index is 1190. The van der Waals surface area contributed by atoms with E-state index in [1.807, 2.05) is 42.5 Å². The molecule has 0 saturated heterocycles. The molecule has 4 nitrogen and oxygen atoms in total. The Balaban J connectivity index is 1.73. The summed E-state index contributed by atoms with van der Waals surface area (Å²) in [5.41, 5.74) is 5.32. The highest BCUT2D eigenvalue weighted by Crippen LogP contribution is 2.24. The maximum absolute atomic E-state index is 13.1. The van der Waals surface area contributed by atoms with Gasteiger partial charge >= 0.3 is 0 Å². The molecule has 0 spiro atoms. The largest absolute Gasteiger partial charge is 0.281 e. The third-order valence-electron chi connectivity index (χ3n) is 4.81. The van der Waals surface area contributed by atoms with Gasteiger partial charge < -0.3 is 0 Å². The number of aryl methyl sites for hydroxylation is 2. The standard InChI is InChI=1S/C23H21N3OS/c1-16-10-11-18(13-17(16)2)15-28-23-25-21-9-4-3-8-20(21)22(27)26(23)14-19-7-5-6-12-24-19/h3-13H,14-15H2,1-2H3. The Morgan fingerprint density at radius 3 is 2.57 bits per heavy atom. The molecule has 4 rings (SSSR count). The zero-order valence-corrected chi connectivity index (χ0v) is 16.7. The quantitative estimate of drug-likeness (QED) is 0.366. The van der Waals surface area contributed by atoms with Crippen LogP contribution in [0.1, 0.15) is 22.4 Å². The van der Waals surface area contributed by atoms with Crippen molar-refractivity contribution in [3.8, 4) is 0 Å². The number of para-hydroxylation sites is 1. The number of nitrogens with zero attached hydrogens (tertiary/aromatic N) is 3. The third-order valence-corrected chi connectivity index (χ3v) is 5.86. The van der Waals surface area contributed by atoms with Crippen molar-refractivity contribution in [1.82, 2.24) is 14.5 Å². The van der Waals surface area contributed by atoms with Crippen LogP contribution in [-0.2, 0) is 12.3 Å². The molecule has 140 valence electrons. The lowest BCUT2D eigenvalue weighted by molar-refractivity contribution is 0.646. The van der Waals surface area contributed by atoms with Gasteiger partial charge in [0, 0.05) is 11.9 Å². The molecule has 0 unspecified atom stereocenters. The van der Waals surface area contributed by atoms with Gasteiger partial charge in [0.25, 0.3) is 5.56 Å². The van der Waals surface area contributed by atoms with Gasteiger partial charge in [-0.15, -0.1) is 0 Å². The number of hydrogen-bond acceptors (Lipinski definition) is 4. The highest BCUT2D eigenvalue weighted by atomic mass is 32.2. The molecule has 0 N–H and O–H groups in total. The number of benzene rings is 2. The highest BCUT2D eigenvalue weighted by molar-refractivity contribution is 7.98. The molecule has 0 atom stereocenters. The Morgan fingerprint density at radius 2 is 1.79 bits per heavy atom. The molecular weight excluding hydrogens is 366 g/mol. The fourth-order valence-corrected chi connectivity index (χ4v) is 4.03. The summed E-state index contributed by atoms with van der Waals surface area (Å²) in [6, 6.07) is 19.7. The average Bonchev–Trinajstić information content (AvgIpc) is 2.72. The predicted octanol–water partition coefficient (Wildman–Crippen LogP) is 4.75. The van der Waals surface area contributed by atoms with Crippen LogP contribution in [0.5, 0.6) is 0 Å². The van der Waals surface area contributed by atoms with Crippen LogP contribution in [0, 0.1) is 13.8 Å². The molecule has 2 heterocycles. The van der Waals surface area contributed by atoms with Crippen molar-refractivity contribution in [3.63, 3.8) is 0 Å². The second-order valence-corrected chi connectivity index (χ2v) is 7.77. The molecule has 4 aromatic rings. The smallest absolute Gasteiger partial charge is 0.262 e. The van der Waals surface area contributed by atoms with Crippen LogP contribution in [0.3, 0.4) is 0 Å². The van der Waals surface area contributed by atoms with Gasteiger partial charge in [0.05, 0.1) is 23.1 Å². The summed E-state index contributed by atoms with van der Waals surface area (Å²) in [6.07, 6.45) is 1.75. The maximum Gasteiger partial charge on any atom is 0.262 e. The number of hydrogen-bond donors (Lipinski definition) is 0. The summed E-state index contributed by atoms with van der Waals surface area (Å²) in [7, 11) is 0. The molecule has 0 aliphatic carbocycles. The van der Waals surface area contributed by atoms with E-state index in [1.54, 1.807) is 22.5 Å². The van der Waals surface area contributed by atoms with E-state index in [9.17, 15) is 4.79 Å². The Kier molecular flexibility index (Phi) is 5.26. The van der Waals surface area contributed by atoms with E-state index in [4.69, 9.17) is 4.98 Å². The van der Waals surface area contributed by atoms with Crippen molar-refractivity contribution in [1.29, 1.82) is 0 Å². The molecule has 2 aromatic heterocycles. The Hall–Kier alpha value is -2.92. The van der Waals surface area contributed by atoms with Gasteiger partial charge in [-0.05, 0) is 54.8 Å². The summed E-state index contributed by atoms with van der Waals surface area (Å²) in [4.78, 5) is 22.3. The third kappa shape index (κ3) is 3.85. The minimum Gasteiger partial charge on any atom is -0.281 e. The number of thioether (sulfide) groups is 1. The fourth-order valence-electron chi connectivity index (χ4n) is 3.09. The summed E-state index contributed by atoms with van der Waals surface area (Å²) in [6.45, 7) is 4.64. The van der Waals surface area contributed by atoms with Crippen LogP contribution in [0.4, 0.5) is 0 Å². The predicted molar refractivity (Wildman–Crippen MR) is 115 cm³/mol. The first kappa shape index (κ1) is 18.4. The lowest BCUT2D eigenvalue weighted by atomic mass is 10.1. The van der Waals surface area contributed by atoms with Crippen molar-refractivity contribution in [2.24, 2.45) is 0 Å². The van der Waals surface area contributed by atoms with Gasteiger partial charge in [-0.1, -0.05) is 48.2 Å². The second-order valence-electron chi connectivity index (χ2n) is 6.83. The molecular formula is C23H21N3OS. The Morgan fingerprint density at radius 1 is 0.964 bits per heavy atom. The van der Waals surface area contributed by atoms with Crippen LogP contribution in [0.2, 0.25) is 0 Å². The molecule has 5 heteroatoms. The first-order valence-electron chi connectivity index (χ1n) is 9.20. The fraction of sp³-hybridized carbons (Fsp3) is 0.174. The molecule has 0 amide bonds. The number of rotatable bonds is 5. The lowest BCUT2D eigenvalue weighted by Crippen LogP contribution is -2.24. The molecule has 0 aliphatic rings. The van der Waals surface area contributed by atoms with Gasteiger partial charge in [0.15, 0.2) is 5.16 Å². The number of fused-ring (bicyclic) bond motifs is 1. The lowest BCUT2D eigenvalue weighted by Gasteiger charge is -2.13. The average molecular weight is 388 g/mol. The Labute approximate surface area is 168 Å². The van der Waals surface area contributed by atoms with E-state index in [0.717, 1.165) is 17.0 Å². The van der Waals surface area contributed by atoms with E-state index in [0.29, 0.717) is 17.1 Å². The highest BCUT2D eigenvalue weighted by Gasteiger charge is 2.13. The van der Waals surface area contributed by atoms with Crippen LogP contribution >= 0.6 is 11.8 Å². The zero-order valence-electron chi connectivity index (χ0n) is 15.9. The maximum atomic E-state index is 13.1. The second kappa shape index (κ2) is 7.98. The van der Waals surface area contributed by atoms with Crippen molar-refractivity contribution in [2.45, 2.75) is 31.3 Å². The molecule has 28 heavy (non-hydrogen) atoms. The van der Waals surface area contributed by atoms with Crippen LogP contribution in [0.15, 0.2) is 76.8 Å². The van der Waals surface area contributed by atoms with Crippen LogP contribution in [0.25, 0.3) is 10.9 Å². The SMILES string of the molecule is Cc1ccc(CSc2nc3ccccc3c(=O)n2Cc2ccccn2)cc1C. The van der Waals surface area contributed by atoms with Gasteiger partial charge in [-0.3, -0.25) is 14.3 Å². The van der Waals surface area contributed by atoms with Crippen molar-refractivity contribution in [2.75, 3.05) is 0 Å². The van der Waals surface area contributed by atoms with Crippen LogP contribution < -0.4 is 5.56 Å². The van der Waals surface area contributed by atoms with E-state index in [-0.39, 0.29) is 5.56 Å². The summed E-state index contributed by atoms with van der Waals surface area (Å²) >= 11 is 1.59. The normalized spacial score (nSPS) is 11.1. The minimum absolute atomic E-state index is 0.0289. The van der Waals surface area contributed by atoms with Gasteiger partial charge in [0.1, 0.15) is 0 Å². The first-order valence-corrected chi connectivity index (χ1v) is 10.2. The van der Waals surface area contributed by atoms with Crippen LogP contribution in [-0.4, -0.2) is 14.5 Å². The van der Waals surface area contributed by atoms with E-state index in [1.165, 1.54) is 16.7 Å². The molecule has 0 saturated carbocycles. The molecule has 2 aromatic carbocycles. The minimum atomic E-state index is -0.0289. The van der Waals surface area contributed by atoms with E-state index in [2.05, 4.69) is 37.0 Å². The number of pyridine rings is 1. The first-order chi connectivity index (χ1) is 13.6. The van der Waals surface area contributed by atoms with E-state index < -0.39 is 0 Å².